The highest BCUT2D eigenvalue weighted by Gasteiger charge is 2.12. The lowest BCUT2D eigenvalue weighted by molar-refractivity contribution is 0.0792. The van der Waals surface area contributed by atoms with Gasteiger partial charge < -0.3 is 10.2 Å². The van der Waals surface area contributed by atoms with Gasteiger partial charge in [0.25, 0.3) is 5.91 Å². The predicted molar refractivity (Wildman–Crippen MR) is 93.4 cm³/mol. The SMILES string of the molecule is CCCCN(C)C(=O)c1cnc(Nc2ccc(Cl)cc2C)nc1. The Bertz CT molecular complexity index is 673. The Morgan fingerprint density at radius 3 is 2.61 bits per heavy atom. The highest BCUT2D eigenvalue weighted by molar-refractivity contribution is 6.30. The summed E-state index contributed by atoms with van der Waals surface area (Å²) in [6, 6.07) is 5.54. The van der Waals surface area contributed by atoms with Crippen LogP contribution in [0.4, 0.5) is 11.6 Å². The zero-order chi connectivity index (χ0) is 16.8. The number of carbonyl (C=O) groups is 1. The molecule has 1 aromatic carbocycles. The first-order chi connectivity index (χ1) is 11.0. The van der Waals surface area contributed by atoms with Crippen molar-refractivity contribution in [2.24, 2.45) is 0 Å². The molecule has 0 aliphatic heterocycles. The molecule has 5 nitrogen and oxygen atoms in total. The van der Waals surface area contributed by atoms with Crippen LogP contribution in [0.5, 0.6) is 0 Å². The molecule has 0 saturated heterocycles. The molecule has 1 heterocycles. The Morgan fingerprint density at radius 2 is 2.00 bits per heavy atom. The summed E-state index contributed by atoms with van der Waals surface area (Å²) in [6.45, 7) is 4.79. The zero-order valence-corrected chi connectivity index (χ0v) is 14.4. The standard InChI is InChI=1S/C17H21ClN4O/c1-4-5-8-22(3)16(23)13-10-19-17(20-11-13)21-15-7-6-14(18)9-12(15)2/h6-7,9-11H,4-5,8H2,1-3H3,(H,19,20,21). The minimum absolute atomic E-state index is 0.0623. The van der Waals surface area contributed by atoms with Gasteiger partial charge in [-0.3, -0.25) is 4.79 Å². The maximum Gasteiger partial charge on any atom is 0.256 e. The summed E-state index contributed by atoms with van der Waals surface area (Å²) in [5.74, 6) is 0.385. The van der Waals surface area contributed by atoms with Crippen LogP contribution in [0.2, 0.25) is 5.02 Å². The number of hydrogen-bond acceptors (Lipinski definition) is 4. The van der Waals surface area contributed by atoms with E-state index in [0.29, 0.717) is 16.5 Å². The smallest absolute Gasteiger partial charge is 0.256 e. The Balaban J connectivity index is 2.05. The summed E-state index contributed by atoms with van der Waals surface area (Å²) in [4.78, 5) is 22.4. The van der Waals surface area contributed by atoms with Crippen molar-refractivity contribution >= 4 is 29.1 Å². The molecular weight excluding hydrogens is 312 g/mol. The van der Waals surface area contributed by atoms with Crippen LogP contribution in [0.25, 0.3) is 0 Å². The summed E-state index contributed by atoms with van der Waals surface area (Å²) < 4.78 is 0. The largest absolute Gasteiger partial charge is 0.342 e. The number of aromatic nitrogens is 2. The number of nitrogens with one attached hydrogen (secondary N) is 1. The van der Waals surface area contributed by atoms with Gasteiger partial charge in [0.1, 0.15) is 0 Å². The second-order valence-electron chi connectivity index (χ2n) is 5.46. The molecule has 122 valence electrons. The maximum absolute atomic E-state index is 12.2. The minimum Gasteiger partial charge on any atom is -0.342 e. The first kappa shape index (κ1) is 17.2. The van der Waals surface area contributed by atoms with Gasteiger partial charge in [-0.15, -0.1) is 0 Å². The molecule has 0 aliphatic rings. The molecule has 2 rings (SSSR count). The maximum atomic E-state index is 12.2. The van der Waals surface area contributed by atoms with E-state index in [9.17, 15) is 4.79 Å². The van der Waals surface area contributed by atoms with Crippen molar-refractivity contribution in [1.82, 2.24) is 14.9 Å². The lowest BCUT2D eigenvalue weighted by Crippen LogP contribution is -2.27. The molecule has 0 aliphatic carbocycles. The van der Waals surface area contributed by atoms with E-state index in [1.807, 2.05) is 19.1 Å². The van der Waals surface area contributed by atoms with Gasteiger partial charge in [0.2, 0.25) is 5.95 Å². The number of rotatable bonds is 6. The van der Waals surface area contributed by atoms with Crippen molar-refractivity contribution in [3.8, 4) is 0 Å². The third kappa shape index (κ3) is 4.66. The van der Waals surface area contributed by atoms with Gasteiger partial charge in [-0.2, -0.15) is 0 Å². The molecule has 0 bridgehead atoms. The summed E-state index contributed by atoms with van der Waals surface area (Å²) >= 11 is 5.94. The Morgan fingerprint density at radius 1 is 1.30 bits per heavy atom. The highest BCUT2D eigenvalue weighted by Crippen LogP contribution is 2.21. The fraction of sp³-hybridized carbons (Fsp3) is 0.353. The number of aryl methyl sites for hydroxylation is 1. The van der Waals surface area contributed by atoms with Crippen molar-refractivity contribution in [1.29, 1.82) is 0 Å². The molecule has 6 heteroatoms. The molecule has 0 fully saturated rings. The van der Waals surface area contributed by atoms with E-state index in [1.165, 1.54) is 0 Å². The van der Waals surface area contributed by atoms with Crippen molar-refractivity contribution in [3.05, 3.63) is 46.7 Å². The molecular formula is C17H21ClN4O. The molecule has 0 atom stereocenters. The average molecular weight is 333 g/mol. The van der Waals surface area contributed by atoms with Crippen LogP contribution in [-0.2, 0) is 0 Å². The molecule has 2 aromatic rings. The monoisotopic (exact) mass is 332 g/mol. The Hall–Kier alpha value is -2.14. The van der Waals surface area contributed by atoms with Gasteiger partial charge in [-0.25, -0.2) is 9.97 Å². The molecule has 0 unspecified atom stereocenters. The average Bonchev–Trinajstić information content (AvgIpc) is 2.55. The normalized spacial score (nSPS) is 10.4. The summed E-state index contributed by atoms with van der Waals surface area (Å²) in [7, 11) is 1.79. The highest BCUT2D eigenvalue weighted by atomic mass is 35.5. The number of amides is 1. The summed E-state index contributed by atoms with van der Waals surface area (Å²) in [5.41, 5.74) is 2.37. The van der Waals surface area contributed by atoms with Gasteiger partial charge >= 0.3 is 0 Å². The van der Waals surface area contributed by atoms with Crippen molar-refractivity contribution in [3.63, 3.8) is 0 Å². The van der Waals surface area contributed by atoms with E-state index in [0.717, 1.165) is 30.6 Å². The van der Waals surface area contributed by atoms with Crippen LogP contribution >= 0.6 is 11.6 Å². The quantitative estimate of drug-likeness (QED) is 0.866. The van der Waals surface area contributed by atoms with Crippen LogP contribution in [0, 0.1) is 6.92 Å². The predicted octanol–water partition coefficient (Wildman–Crippen LogP) is 4.05. The number of halogens is 1. The minimum atomic E-state index is -0.0623. The van der Waals surface area contributed by atoms with Crippen LogP contribution in [0.3, 0.4) is 0 Å². The number of carbonyl (C=O) groups excluding carboxylic acids is 1. The Labute approximate surface area is 141 Å². The van der Waals surface area contributed by atoms with Gasteiger partial charge in [0.15, 0.2) is 0 Å². The third-order valence-corrected chi connectivity index (χ3v) is 3.76. The van der Waals surface area contributed by atoms with E-state index in [2.05, 4.69) is 22.2 Å². The number of nitrogens with zero attached hydrogens (tertiary/aromatic N) is 3. The molecule has 1 N–H and O–H groups in total. The van der Waals surface area contributed by atoms with E-state index < -0.39 is 0 Å². The van der Waals surface area contributed by atoms with Gasteiger partial charge in [0, 0.05) is 36.7 Å². The number of hydrogen-bond donors (Lipinski definition) is 1. The summed E-state index contributed by atoms with van der Waals surface area (Å²) in [6.07, 6.45) is 5.13. The number of benzene rings is 1. The number of anilines is 2. The second-order valence-corrected chi connectivity index (χ2v) is 5.90. The van der Waals surface area contributed by atoms with Crippen molar-refractivity contribution in [2.45, 2.75) is 26.7 Å². The van der Waals surface area contributed by atoms with E-state index in [-0.39, 0.29) is 5.91 Å². The van der Waals surface area contributed by atoms with E-state index >= 15 is 0 Å². The lowest BCUT2D eigenvalue weighted by Gasteiger charge is -2.16. The van der Waals surface area contributed by atoms with Crippen LogP contribution in [0.15, 0.2) is 30.6 Å². The zero-order valence-electron chi connectivity index (χ0n) is 13.6. The molecule has 0 spiro atoms. The second kappa shape index (κ2) is 7.92. The molecule has 0 radical (unpaired) electrons. The van der Waals surface area contributed by atoms with Gasteiger partial charge in [0.05, 0.1) is 5.56 Å². The Kier molecular flexibility index (Phi) is 5.93. The fourth-order valence-electron chi connectivity index (χ4n) is 2.11. The topological polar surface area (TPSA) is 58.1 Å². The van der Waals surface area contributed by atoms with Crippen molar-refractivity contribution in [2.75, 3.05) is 18.9 Å². The van der Waals surface area contributed by atoms with Crippen LogP contribution < -0.4 is 5.32 Å². The number of unbranched alkanes of at least 4 members (excludes halogenated alkanes) is 1. The molecule has 0 saturated carbocycles. The fourth-order valence-corrected chi connectivity index (χ4v) is 2.33. The lowest BCUT2D eigenvalue weighted by atomic mass is 10.2. The summed E-state index contributed by atoms with van der Waals surface area (Å²) in [5, 5.41) is 3.81. The molecule has 1 amide bonds. The van der Waals surface area contributed by atoms with E-state index in [1.54, 1.807) is 30.4 Å². The first-order valence-electron chi connectivity index (χ1n) is 7.62. The third-order valence-electron chi connectivity index (χ3n) is 3.53. The van der Waals surface area contributed by atoms with Crippen LogP contribution in [0.1, 0.15) is 35.7 Å². The van der Waals surface area contributed by atoms with Crippen LogP contribution in [-0.4, -0.2) is 34.4 Å². The molecule has 23 heavy (non-hydrogen) atoms. The van der Waals surface area contributed by atoms with Gasteiger partial charge in [-0.05, 0) is 37.1 Å². The molecule has 1 aromatic heterocycles. The first-order valence-corrected chi connectivity index (χ1v) is 7.99. The van der Waals surface area contributed by atoms with Gasteiger partial charge in [-0.1, -0.05) is 24.9 Å². The van der Waals surface area contributed by atoms with E-state index in [4.69, 9.17) is 11.6 Å². The van der Waals surface area contributed by atoms with Crippen molar-refractivity contribution < 1.29 is 4.79 Å².